The molecule has 1 atom stereocenters. The summed E-state index contributed by atoms with van der Waals surface area (Å²) in [4.78, 5) is 23.2. The average molecular weight is 565 g/mol. The van der Waals surface area contributed by atoms with E-state index in [1.807, 2.05) is 0 Å². The molecule has 0 fully saturated rings. The molecule has 4 nitrogen and oxygen atoms in total. The van der Waals surface area contributed by atoms with Crippen molar-refractivity contribution in [2.24, 2.45) is 0 Å². The number of esters is 1. The zero-order valence-corrected chi connectivity index (χ0v) is 26.9. The van der Waals surface area contributed by atoms with Crippen LogP contribution < -0.4 is 0 Å². The van der Waals surface area contributed by atoms with Gasteiger partial charge in [-0.25, -0.2) is 0 Å². The number of hydrogen-bond acceptors (Lipinski definition) is 3. The summed E-state index contributed by atoms with van der Waals surface area (Å²) < 4.78 is 5.95. The molecule has 40 heavy (non-hydrogen) atoms. The molecule has 0 aliphatic heterocycles. The lowest BCUT2D eigenvalue weighted by Gasteiger charge is -2.18. The first-order valence-corrected chi connectivity index (χ1v) is 17.7. The molecule has 0 saturated carbocycles. The molecule has 0 unspecified atom stereocenters. The van der Waals surface area contributed by atoms with E-state index in [0.717, 1.165) is 64.2 Å². The van der Waals surface area contributed by atoms with Crippen LogP contribution in [0.3, 0.4) is 0 Å². The summed E-state index contributed by atoms with van der Waals surface area (Å²) in [5, 5.41) is 8.77. The Bertz CT molecular complexity index is 571. The Hall–Kier alpha value is -1.32. The Morgan fingerprint density at radius 3 is 1.35 bits per heavy atom. The lowest BCUT2D eigenvalue weighted by atomic mass is 10.0. The van der Waals surface area contributed by atoms with Gasteiger partial charge in [0.2, 0.25) is 0 Å². The van der Waals surface area contributed by atoms with Crippen LogP contribution in [0.25, 0.3) is 0 Å². The van der Waals surface area contributed by atoms with Gasteiger partial charge in [-0.15, -0.1) is 0 Å². The number of carboxylic acids is 1. The van der Waals surface area contributed by atoms with Gasteiger partial charge in [-0.3, -0.25) is 9.59 Å². The highest BCUT2D eigenvalue weighted by molar-refractivity contribution is 5.69. The van der Waals surface area contributed by atoms with Crippen LogP contribution in [-0.2, 0) is 14.3 Å². The topological polar surface area (TPSA) is 63.6 Å². The van der Waals surface area contributed by atoms with Gasteiger partial charge in [0.1, 0.15) is 6.10 Å². The minimum Gasteiger partial charge on any atom is -0.481 e. The van der Waals surface area contributed by atoms with Crippen molar-refractivity contribution in [2.45, 2.75) is 206 Å². The van der Waals surface area contributed by atoms with Gasteiger partial charge in [0.05, 0.1) is 0 Å². The number of allylic oxidation sites excluding steroid dienone is 2. The van der Waals surface area contributed by atoms with Gasteiger partial charge in [-0.1, -0.05) is 135 Å². The fraction of sp³-hybridized carbons (Fsp3) is 0.889. The fourth-order valence-electron chi connectivity index (χ4n) is 5.35. The highest BCUT2D eigenvalue weighted by atomic mass is 16.5. The molecule has 0 radical (unpaired) electrons. The van der Waals surface area contributed by atoms with Crippen molar-refractivity contribution in [3.63, 3.8) is 0 Å². The lowest BCUT2D eigenvalue weighted by Crippen LogP contribution is -2.18. The summed E-state index contributed by atoms with van der Waals surface area (Å²) in [5.74, 6) is -0.708. The van der Waals surface area contributed by atoms with Crippen LogP contribution in [-0.4, -0.2) is 23.1 Å². The lowest BCUT2D eigenvalue weighted by molar-refractivity contribution is -0.150. The monoisotopic (exact) mass is 565 g/mol. The average Bonchev–Trinajstić information content (AvgIpc) is 2.93. The van der Waals surface area contributed by atoms with Crippen molar-refractivity contribution in [1.29, 1.82) is 0 Å². The van der Waals surface area contributed by atoms with Crippen LogP contribution in [0.1, 0.15) is 200 Å². The van der Waals surface area contributed by atoms with Gasteiger partial charge in [0.15, 0.2) is 0 Å². The molecule has 236 valence electrons. The van der Waals surface area contributed by atoms with Crippen molar-refractivity contribution < 1.29 is 19.4 Å². The molecule has 1 N–H and O–H groups in total. The van der Waals surface area contributed by atoms with Gasteiger partial charge in [-0.2, -0.15) is 0 Å². The van der Waals surface area contributed by atoms with E-state index in [2.05, 4.69) is 26.0 Å². The molecule has 4 heteroatoms. The summed E-state index contributed by atoms with van der Waals surface area (Å²) in [6.45, 7) is 4.52. The van der Waals surface area contributed by atoms with Gasteiger partial charge in [0.25, 0.3) is 0 Å². The summed E-state index contributed by atoms with van der Waals surface area (Å²) >= 11 is 0. The van der Waals surface area contributed by atoms with E-state index in [4.69, 9.17) is 9.84 Å². The summed E-state index contributed by atoms with van der Waals surface area (Å²) in [6.07, 6.45) is 37.9. The molecule has 0 spiro atoms. The molecule has 0 bridgehead atoms. The van der Waals surface area contributed by atoms with E-state index in [1.165, 1.54) is 109 Å². The Balaban J connectivity index is 3.95. The number of carbonyl (C=O) groups is 2. The molecule has 0 saturated heterocycles. The van der Waals surface area contributed by atoms with Crippen molar-refractivity contribution in [3.05, 3.63) is 12.2 Å². The minimum absolute atomic E-state index is 0.00738. The predicted octanol–water partition coefficient (Wildman–Crippen LogP) is 11.9. The molecule has 0 aliphatic rings. The van der Waals surface area contributed by atoms with Crippen LogP contribution in [0.5, 0.6) is 0 Å². The Morgan fingerprint density at radius 2 is 0.900 bits per heavy atom. The van der Waals surface area contributed by atoms with Crippen LogP contribution in [0.15, 0.2) is 12.2 Å². The standard InChI is InChI=1S/C36H68O4/c1-3-5-7-9-11-12-13-14-15-16-17-18-20-25-29-33-36(39)40-34(30-26-22-19-10-8-6-4-2)31-27-23-21-24-28-32-35(37)38/h14-15,34H,3-13,16-33H2,1-2H3,(H,37,38)/b15-14-/t34-/m0/s1. The van der Waals surface area contributed by atoms with Crippen molar-refractivity contribution >= 4 is 11.9 Å². The second kappa shape index (κ2) is 32.2. The quantitative estimate of drug-likeness (QED) is 0.0501. The third kappa shape index (κ3) is 31.2. The first-order valence-electron chi connectivity index (χ1n) is 17.7. The second-order valence-corrected chi connectivity index (χ2v) is 12.1. The van der Waals surface area contributed by atoms with Gasteiger partial charge >= 0.3 is 11.9 Å². The first kappa shape index (κ1) is 38.7. The molecule has 0 aromatic rings. The van der Waals surface area contributed by atoms with Crippen molar-refractivity contribution in [2.75, 3.05) is 0 Å². The van der Waals surface area contributed by atoms with Crippen LogP contribution >= 0.6 is 0 Å². The zero-order valence-electron chi connectivity index (χ0n) is 26.9. The third-order valence-corrected chi connectivity index (χ3v) is 7.99. The number of unbranched alkanes of at least 4 members (excludes halogenated alkanes) is 21. The van der Waals surface area contributed by atoms with Crippen molar-refractivity contribution in [1.82, 2.24) is 0 Å². The largest absolute Gasteiger partial charge is 0.481 e. The number of rotatable bonds is 32. The highest BCUT2D eigenvalue weighted by Gasteiger charge is 2.14. The molecule has 0 heterocycles. The minimum atomic E-state index is -0.701. The van der Waals surface area contributed by atoms with Crippen molar-refractivity contribution in [3.8, 4) is 0 Å². The third-order valence-electron chi connectivity index (χ3n) is 7.99. The fourth-order valence-corrected chi connectivity index (χ4v) is 5.35. The summed E-state index contributed by atoms with van der Waals surface area (Å²) in [6, 6.07) is 0. The summed E-state index contributed by atoms with van der Waals surface area (Å²) in [7, 11) is 0. The Labute approximate surface area is 249 Å². The molecular weight excluding hydrogens is 496 g/mol. The maximum atomic E-state index is 12.5. The van der Waals surface area contributed by atoms with E-state index in [9.17, 15) is 9.59 Å². The van der Waals surface area contributed by atoms with Crippen LogP contribution in [0.4, 0.5) is 0 Å². The molecule has 0 rings (SSSR count). The molecule has 0 amide bonds. The first-order chi connectivity index (χ1) is 19.6. The molecule has 0 aromatic heterocycles. The number of ether oxygens (including phenoxy) is 1. The normalized spacial score (nSPS) is 12.2. The molecule has 0 aliphatic carbocycles. The van der Waals surface area contributed by atoms with E-state index in [-0.39, 0.29) is 18.5 Å². The Morgan fingerprint density at radius 1 is 0.525 bits per heavy atom. The van der Waals surface area contributed by atoms with Crippen LogP contribution in [0.2, 0.25) is 0 Å². The maximum absolute atomic E-state index is 12.5. The maximum Gasteiger partial charge on any atom is 0.306 e. The van der Waals surface area contributed by atoms with Gasteiger partial charge in [0, 0.05) is 12.8 Å². The second-order valence-electron chi connectivity index (χ2n) is 12.1. The number of hydrogen-bond donors (Lipinski definition) is 1. The number of carboxylic acid groups (broad SMARTS) is 1. The smallest absolute Gasteiger partial charge is 0.306 e. The zero-order chi connectivity index (χ0) is 29.4. The number of carbonyl (C=O) groups excluding carboxylic acids is 1. The van der Waals surface area contributed by atoms with E-state index >= 15 is 0 Å². The van der Waals surface area contributed by atoms with E-state index in [0.29, 0.717) is 6.42 Å². The van der Waals surface area contributed by atoms with Crippen LogP contribution in [0, 0.1) is 0 Å². The van der Waals surface area contributed by atoms with Gasteiger partial charge < -0.3 is 9.84 Å². The molecular formula is C36H68O4. The number of aliphatic carboxylic acids is 1. The van der Waals surface area contributed by atoms with E-state index < -0.39 is 5.97 Å². The molecule has 0 aromatic carbocycles. The Kier molecular flexibility index (Phi) is 31.1. The predicted molar refractivity (Wildman–Crippen MR) is 172 cm³/mol. The highest BCUT2D eigenvalue weighted by Crippen LogP contribution is 2.18. The van der Waals surface area contributed by atoms with Gasteiger partial charge in [-0.05, 0) is 64.2 Å². The summed E-state index contributed by atoms with van der Waals surface area (Å²) in [5.41, 5.74) is 0. The SMILES string of the molecule is CCCCCCCC/C=C\CCCCCCCC(=O)O[C@@H](CCCCCCCCC)CCCCCCCC(=O)O. The van der Waals surface area contributed by atoms with E-state index in [1.54, 1.807) is 0 Å².